The predicted octanol–water partition coefficient (Wildman–Crippen LogP) is -0.0540. The number of aromatic nitrogens is 1. The molecule has 2 heterocycles. The number of nitrogens with zero attached hydrogens (tertiary/aromatic N) is 1. The van der Waals surface area contributed by atoms with Crippen molar-refractivity contribution >= 4 is 5.97 Å². The molecule has 0 saturated carbocycles. The van der Waals surface area contributed by atoms with Crippen LogP contribution in [0, 0.1) is 0 Å². The molecule has 5 nitrogen and oxygen atoms in total. The van der Waals surface area contributed by atoms with Gasteiger partial charge in [-0.05, 0) is 0 Å². The number of carboxylic acids is 1. The number of rotatable bonds is 1. The molecule has 0 fully saturated rings. The van der Waals surface area contributed by atoms with Gasteiger partial charge in [0.15, 0.2) is 18.2 Å². The van der Waals surface area contributed by atoms with Crippen molar-refractivity contribution in [3.8, 4) is 0 Å². The lowest BCUT2D eigenvalue weighted by Crippen LogP contribution is -2.34. The topological polar surface area (TPSA) is 75.4 Å². The van der Waals surface area contributed by atoms with Crippen molar-refractivity contribution in [2.75, 3.05) is 6.54 Å². The number of oxazole rings is 1. The first-order chi connectivity index (χ1) is 5.79. The lowest BCUT2D eigenvalue weighted by molar-refractivity contribution is -0.140. The lowest BCUT2D eigenvalue weighted by Gasteiger charge is -2.17. The van der Waals surface area contributed by atoms with Gasteiger partial charge in [0.2, 0.25) is 0 Å². The van der Waals surface area contributed by atoms with Gasteiger partial charge in [-0.2, -0.15) is 0 Å². The Morgan fingerprint density at radius 2 is 2.67 bits per heavy atom. The van der Waals surface area contributed by atoms with Crippen LogP contribution in [0.4, 0.5) is 0 Å². The summed E-state index contributed by atoms with van der Waals surface area (Å²) < 4.78 is 4.98. The van der Waals surface area contributed by atoms with Gasteiger partial charge in [-0.25, -0.2) is 4.98 Å². The van der Waals surface area contributed by atoms with Crippen LogP contribution in [0.5, 0.6) is 0 Å². The van der Waals surface area contributed by atoms with E-state index in [9.17, 15) is 4.79 Å². The fraction of sp³-hybridized carbons (Fsp3) is 0.429. The van der Waals surface area contributed by atoms with Crippen molar-refractivity contribution in [3.63, 3.8) is 0 Å². The van der Waals surface area contributed by atoms with Gasteiger partial charge in [0.05, 0.1) is 5.69 Å². The van der Waals surface area contributed by atoms with Crippen LogP contribution >= 0.6 is 0 Å². The number of hydrogen-bond donors (Lipinski definition) is 2. The second kappa shape index (κ2) is 2.60. The van der Waals surface area contributed by atoms with Gasteiger partial charge >= 0.3 is 5.97 Å². The Morgan fingerprint density at radius 3 is 3.42 bits per heavy atom. The molecule has 0 saturated heterocycles. The third-order valence-electron chi connectivity index (χ3n) is 1.89. The van der Waals surface area contributed by atoms with Gasteiger partial charge in [0.1, 0.15) is 0 Å². The van der Waals surface area contributed by atoms with E-state index in [1.54, 1.807) is 0 Å². The normalized spacial score (nSPS) is 21.8. The lowest BCUT2D eigenvalue weighted by atomic mass is 10.1. The summed E-state index contributed by atoms with van der Waals surface area (Å²) in [6, 6.07) is -0.726. The molecular formula is C7H8N2O3. The number of carboxylic acid groups (broad SMARTS) is 1. The van der Waals surface area contributed by atoms with E-state index in [4.69, 9.17) is 9.52 Å². The molecule has 1 aromatic heterocycles. The van der Waals surface area contributed by atoms with E-state index in [1.807, 2.05) is 0 Å². The van der Waals surface area contributed by atoms with Gasteiger partial charge in [-0.3, -0.25) is 10.1 Å². The first-order valence-electron chi connectivity index (χ1n) is 3.67. The molecule has 0 aromatic carbocycles. The zero-order valence-corrected chi connectivity index (χ0v) is 6.28. The molecule has 1 atom stereocenters. The molecule has 5 heteroatoms. The highest BCUT2D eigenvalue weighted by atomic mass is 16.4. The Hall–Kier alpha value is -1.36. The SMILES string of the molecule is O=C(O)C1NCCc2ncoc21. The van der Waals surface area contributed by atoms with Crippen LogP contribution in [-0.2, 0) is 11.2 Å². The Bertz CT molecular complexity index is 307. The predicted molar refractivity (Wildman–Crippen MR) is 38.6 cm³/mol. The van der Waals surface area contributed by atoms with E-state index < -0.39 is 12.0 Å². The van der Waals surface area contributed by atoms with Crippen LogP contribution < -0.4 is 5.32 Å². The zero-order chi connectivity index (χ0) is 8.55. The fourth-order valence-corrected chi connectivity index (χ4v) is 1.33. The van der Waals surface area contributed by atoms with Gasteiger partial charge < -0.3 is 9.52 Å². The van der Waals surface area contributed by atoms with Gasteiger partial charge in [-0.15, -0.1) is 0 Å². The highest BCUT2D eigenvalue weighted by Gasteiger charge is 2.29. The maximum absolute atomic E-state index is 10.7. The molecule has 0 spiro atoms. The minimum absolute atomic E-state index is 0.439. The average Bonchev–Trinajstić information content (AvgIpc) is 2.49. The van der Waals surface area contributed by atoms with E-state index >= 15 is 0 Å². The summed E-state index contributed by atoms with van der Waals surface area (Å²) in [7, 11) is 0. The molecule has 0 radical (unpaired) electrons. The summed E-state index contributed by atoms with van der Waals surface area (Å²) in [6.07, 6.45) is 2.02. The first-order valence-corrected chi connectivity index (χ1v) is 3.67. The fourth-order valence-electron chi connectivity index (χ4n) is 1.33. The van der Waals surface area contributed by atoms with E-state index in [0.717, 1.165) is 12.1 Å². The second-order valence-corrected chi connectivity index (χ2v) is 2.64. The average molecular weight is 168 g/mol. The number of hydrogen-bond acceptors (Lipinski definition) is 4. The Kier molecular flexibility index (Phi) is 1.58. The molecule has 0 bridgehead atoms. The van der Waals surface area contributed by atoms with E-state index in [2.05, 4.69) is 10.3 Å². The molecule has 1 aliphatic heterocycles. The molecule has 1 aliphatic rings. The van der Waals surface area contributed by atoms with Crippen LogP contribution in [-0.4, -0.2) is 22.6 Å². The maximum atomic E-state index is 10.7. The molecule has 2 rings (SSSR count). The maximum Gasteiger partial charge on any atom is 0.328 e. The van der Waals surface area contributed by atoms with Crippen molar-refractivity contribution in [2.45, 2.75) is 12.5 Å². The molecular weight excluding hydrogens is 160 g/mol. The molecule has 0 amide bonds. The molecule has 64 valence electrons. The smallest absolute Gasteiger partial charge is 0.328 e. The van der Waals surface area contributed by atoms with Crippen molar-refractivity contribution in [3.05, 3.63) is 17.8 Å². The van der Waals surface area contributed by atoms with Crippen molar-refractivity contribution in [1.29, 1.82) is 0 Å². The van der Waals surface area contributed by atoms with Crippen LogP contribution in [0.15, 0.2) is 10.8 Å². The third-order valence-corrected chi connectivity index (χ3v) is 1.89. The van der Waals surface area contributed by atoms with Crippen LogP contribution in [0.1, 0.15) is 17.5 Å². The Balaban J connectivity index is 2.37. The van der Waals surface area contributed by atoms with Gasteiger partial charge in [-0.1, -0.05) is 0 Å². The van der Waals surface area contributed by atoms with Crippen molar-refractivity contribution in [1.82, 2.24) is 10.3 Å². The second-order valence-electron chi connectivity index (χ2n) is 2.64. The standard InChI is InChI=1S/C7H8N2O3/c10-7(11)5-6-4(1-2-8-5)9-3-12-6/h3,5,8H,1-2H2,(H,10,11). The molecule has 1 unspecified atom stereocenters. The van der Waals surface area contributed by atoms with Crippen LogP contribution in [0.2, 0.25) is 0 Å². The van der Waals surface area contributed by atoms with Crippen LogP contribution in [0.25, 0.3) is 0 Å². The van der Waals surface area contributed by atoms with E-state index in [0.29, 0.717) is 12.3 Å². The summed E-state index contributed by atoms with van der Waals surface area (Å²) in [4.78, 5) is 14.6. The minimum atomic E-state index is -0.923. The third kappa shape index (κ3) is 0.984. The molecule has 2 N–H and O–H groups in total. The molecule has 12 heavy (non-hydrogen) atoms. The van der Waals surface area contributed by atoms with E-state index in [1.165, 1.54) is 6.39 Å². The number of aliphatic carboxylic acids is 1. The van der Waals surface area contributed by atoms with Crippen LogP contribution in [0.3, 0.4) is 0 Å². The summed E-state index contributed by atoms with van der Waals surface area (Å²) in [5, 5.41) is 11.6. The summed E-state index contributed by atoms with van der Waals surface area (Å²) in [6.45, 7) is 0.635. The summed E-state index contributed by atoms with van der Waals surface area (Å²) in [5.41, 5.74) is 0.751. The van der Waals surface area contributed by atoms with E-state index in [-0.39, 0.29) is 0 Å². The Morgan fingerprint density at radius 1 is 1.83 bits per heavy atom. The van der Waals surface area contributed by atoms with Gasteiger partial charge in [0.25, 0.3) is 0 Å². The molecule has 0 aliphatic carbocycles. The number of carbonyl (C=O) groups is 1. The van der Waals surface area contributed by atoms with Crippen molar-refractivity contribution < 1.29 is 14.3 Å². The highest BCUT2D eigenvalue weighted by molar-refractivity contribution is 5.75. The zero-order valence-electron chi connectivity index (χ0n) is 6.28. The highest BCUT2D eigenvalue weighted by Crippen LogP contribution is 2.21. The quantitative estimate of drug-likeness (QED) is 0.614. The van der Waals surface area contributed by atoms with Gasteiger partial charge in [0, 0.05) is 13.0 Å². The molecule has 1 aromatic rings. The largest absolute Gasteiger partial charge is 0.480 e. The number of fused-ring (bicyclic) bond motifs is 1. The Labute approximate surface area is 68.4 Å². The number of nitrogens with one attached hydrogen (secondary N) is 1. The summed E-state index contributed by atoms with van der Waals surface area (Å²) in [5.74, 6) is -0.485. The first kappa shape index (κ1) is 7.30. The monoisotopic (exact) mass is 168 g/mol. The van der Waals surface area contributed by atoms with Crippen molar-refractivity contribution in [2.24, 2.45) is 0 Å². The minimum Gasteiger partial charge on any atom is -0.480 e. The summed E-state index contributed by atoms with van der Waals surface area (Å²) >= 11 is 0.